The number of aryl methyl sites for hydroxylation is 1. The molecule has 0 amide bonds. The van der Waals surface area contributed by atoms with E-state index >= 15 is 0 Å². The van der Waals surface area contributed by atoms with Crippen molar-refractivity contribution in [1.29, 1.82) is 0 Å². The Morgan fingerprint density at radius 1 is 1.45 bits per heavy atom. The highest BCUT2D eigenvalue weighted by Crippen LogP contribution is 2.35. The minimum absolute atomic E-state index is 0.193. The van der Waals surface area contributed by atoms with Gasteiger partial charge < -0.3 is 5.11 Å². The first-order valence-corrected chi connectivity index (χ1v) is 4.35. The van der Waals surface area contributed by atoms with Crippen molar-refractivity contribution in [3.05, 3.63) is 26.7 Å². The van der Waals surface area contributed by atoms with Crippen molar-refractivity contribution in [2.45, 2.75) is 13.8 Å². The number of benzene rings is 1. The van der Waals surface area contributed by atoms with Crippen molar-refractivity contribution < 1.29 is 5.11 Å². The molecule has 0 aromatic heterocycles. The lowest BCUT2D eigenvalue weighted by Crippen LogP contribution is -1.83. The van der Waals surface area contributed by atoms with Crippen LogP contribution in [0.15, 0.2) is 10.5 Å². The van der Waals surface area contributed by atoms with Gasteiger partial charge in [0.25, 0.3) is 0 Å². The number of hydrogen-bond donors (Lipinski definition) is 1. The predicted molar refractivity (Wildman–Crippen MR) is 50.3 cm³/mol. The van der Waals surface area contributed by atoms with Gasteiger partial charge in [-0.15, -0.1) is 0 Å². The molecule has 0 aliphatic carbocycles. The summed E-state index contributed by atoms with van der Waals surface area (Å²) in [6.07, 6.45) is 0. The molecule has 0 fully saturated rings. The van der Waals surface area contributed by atoms with E-state index in [9.17, 15) is 5.11 Å². The molecule has 0 unspecified atom stereocenters. The number of phenolic OH excluding ortho intramolecular Hbond substituents is 1. The van der Waals surface area contributed by atoms with Gasteiger partial charge in [0, 0.05) is 0 Å². The fourth-order valence-corrected chi connectivity index (χ4v) is 1.48. The quantitative estimate of drug-likeness (QED) is 0.730. The van der Waals surface area contributed by atoms with Crippen LogP contribution in [-0.2, 0) is 0 Å². The molecule has 0 saturated heterocycles. The summed E-state index contributed by atoms with van der Waals surface area (Å²) in [4.78, 5) is 0. The smallest absolute Gasteiger partial charge is 0.131 e. The molecule has 0 saturated carbocycles. The maximum Gasteiger partial charge on any atom is 0.131 e. The standard InChI is InChI=1S/C8H8BrClO/c1-4-3-6(11)7(9)8(10)5(4)2/h3,11H,1-2H3. The first-order chi connectivity index (χ1) is 5.04. The van der Waals surface area contributed by atoms with Crippen molar-refractivity contribution in [3.8, 4) is 5.75 Å². The van der Waals surface area contributed by atoms with Gasteiger partial charge in [-0.1, -0.05) is 11.6 Å². The monoisotopic (exact) mass is 234 g/mol. The number of halogens is 2. The molecule has 0 radical (unpaired) electrons. The Kier molecular flexibility index (Phi) is 2.45. The van der Waals surface area contributed by atoms with E-state index in [1.807, 2.05) is 13.8 Å². The third kappa shape index (κ3) is 1.52. The van der Waals surface area contributed by atoms with Crippen LogP contribution in [0.5, 0.6) is 5.75 Å². The van der Waals surface area contributed by atoms with Crippen molar-refractivity contribution >= 4 is 27.5 Å². The highest BCUT2D eigenvalue weighted by molar-refractivity contribution is 9.10. The van der Waals surface area contributed by atoms with Crippen molar-refractivity contribution in [2.24, 2.45) is 0 Å². The van der Waals surface area contributed by atoms with E-state index in [2.05, 4.69) is 15.9 Å². The van der Waals surface area contributed by atoms with E-state index in [-0.39, 0.29) is 5.75 Å². The van der Waals surface area contributed by atoms with Crippen LogP contribution >= 0.6 is 27.5 Å². The predicted octanol–water partition coefficient (Wildman–Crippen LogP) is 3.42. The molecule has 0 spiro atoms. The van der Waals surface area contributed by atoms with Gasteiger partial charge in [0.15, 0.2) is 0 Å². The second-order valence-electron chi connectivity index (χ2n) is 2.47. The summed E-state index contributed by atoms with van der Waals surface area (Å²) in [5, 5.41) is 9.86. The van der Waals surface area contributed by atoms with Gasteiger partial charge >= 0.3 is 0 Å². The number of hydrogen-bond acceptors (Lipinski definition) is 1. The highest BCUT2D eigenvalue weighted by Gasteiger charge is 2.07. The Balaban J connectivity index is 3.46. The first kappa shape index (κ1) is 8.88. The van der Waals surface area contributed by atoms with E-state index in [4.69, 9.17) is 11.6 Å². The maximum absolute atomic E-state index is 9.27. The molecule has 0 aliphatic heterocycles. The van der Waals surface area contributed by atoms with Crippen LogP contribution in [0.2, 0.25) is 5.02 Å². The highest BCUT2D eigenvalue weighted by atomic mass is 79.9. The summed E-state index contributed by atoms with van der Waals surface area (Å²) in [6.45, 7) is 3.83. The summed E-state index contributed by atoms with van der Waals surface area (Å²) in [5.74, 6) is 0.193. The molecule has 0 aliphatic rings. The molecule has 1 N–H and O–H groups in total. The number of rotatable bonds is 0. The fraction of sp³-hybridized carbons (Fsp3) is 0.250. The maximum atomic E-state index is 9.27. The Hall–Kier alpha value is -0.210. The summed E-state index contributed by atoms with van der Waals surface area (Å²) in [6, 6.07) is 1.69. The largest absolute Gasteiger partial charge is 0.507 e. The SMILES string of the molecule is Cc1cc(O)c(Br)c(Cl)c1C. The molecular formula is C8H8BrClO. The van der Waals surface area contributed by atoms with Crippen LogP contribution in [0.4, 0.5) is 0 Å². The molecule has 1 aromatic carbocycles. The average Bonchev–Trinajstić information content (AvgIpc) is 1.97. The van der Waals surface area contributed by atoms with Crippen molar-refractivity contribution in [2.75, 3.05) is 0 Å². The molecule has 0 atom stereocenters. The lowest BCUT2D eigenvalue weighted by Gasteiger charge is -2.06. The van der Waals surface area contributed by atoms with E-state index in [1.54, 1.807) is 6.07 Å². The van der Waals surface area contributed by atoms with Crippen LogP contribution in [0.1, 0.15) is 11.1 Å². The van der Waals surface area contributed by atoms with Gasteiger partial charge in [0.2, 0.25) is 0 Å². The summed E-state index contributed by atoms with van der Waals surface area (Å²) < 4.78 is 0.572. The fourth-order valence-electron chi connectivity index (χ4n) is 0.827. The molecule has 1 rings (SSSR count). The lowest BCUT2D eigenvalue weighted by molar-refractivity contribution is 0.471. The summed E-state index contributed by atoms with van der Waals surface area (Å²) >= 11 is 9.06. The molecule has 3 heteroatoms. The molecule has 1 nitrogen and oxygen atoms in total. The third-order valence-electron chi connectivity index (χ3n) is 1.69. The molecule has 60 valence electrons. The third-order valence-corrected chi connectivity index (χ3v) is 3.20. The molecule has 1 aromatic rings. The Bertz CT molecular complexity index is 270. The topological polar surface area (TPSA) is 20.2 Å². The van der Waals surface area contributed by atoms with Gasteiger partial charge in [-0.25, -0.2) is 0 Å². The zero-order valence-corrected chi connectivity index (χ0v) is 8.62. The van der Waals surface area contributed by atoms with Crippen LogP contribution in [0, 0.1) is 13.8 Å². The summed E-state index contributed by atoms with van der Waals surface area (Å²) in [5.41, 5.74) is 1.99. The number of aromatic hydroxyl groups is 1. The van der Waals surface area contributed by atoms with Crippen LogP contribution in [-0.4, -0.2) is 5.11 Å². The van der Waals surface area contributed by atoms with Crippen molar-refractivity contribution in [3.63, 3.8) is 0 Å². The summed E-state index contributed by atoms with van der Waals surface area (Å²) in [7, 11) is 0. The normalized spacial score (nSPS) is 10.2. The van der Waals surface area contributed by atoms with Gasteiger partial charge in [-0.2, -0.15) is 0 Å². The van der Waals surface area contributed by atoms with Crippen LogP contribution < -0.4 is 0 Å². The Morgan fingerprint density at radius 3 is 2.55 bits per heavy atom. The number of phenols is 1. The van der Waals surface area contributed by atoms with Gasteiger partial charge in [-0.3, -0.25) is 0 Å². The Morgan fingerprint density at radius 2 is 2.00 bits per heavy atom. The van der Waals surface area contributed by atoms with E-state index in [0.717, 1.165) is 11.1 Å². The van der Waals surface area contributed by atoms with Crippen molar-refractivity contribution in [1.82, 2.24) is 0 Å². The van der Waals surface area contributed by atoms with E-state index < -0.39 is 0 Å². The van der Waals surface area contributed by atoms with E-state index in [0.29, 0.717) is 9.50 Å². The van der Waals surface area contributed by atoms with E-state index in [1.165, 1.54) is 0 Å². The first-order valence-electron chi connectivity index (χ1n) is 3.18. The van der Waals surface area contributed by atoms with Crippen LogP contribution in [0.25, 0.3) is 0 Å². The lowest BCUT2D eigenvalue weighted by atomic mass is 10.1. The minimum atomic E-state index is 0.193. The van der Waals surface area contributed by atoms with Crippen LogP contribution in [0.3, 0.4) is 0 Å². The Labute approximate surface area is 79.1 Å². The average molecular weight is 236 g/mol. The second-order valence-corrected chi connectivity index (χ2v) is 3.64. The van der Waals surface area contributed by atoms with Gasteiger partial charge in [0.1, 0.15) is 5.75 Å². The molecule has 0 heterocycles. The zero-order chi connectivity index (χ0) is 8.59. The van der Waals surface area contributed by atoms with Gasteiger partial charge in [0.05, 0.1) is 9.50 Å². The zero-order valence-electron chi connectivity index (χ0n) is 6.28. The molecule has 11 heavy (non-hydrogen) atoms. The molecule has 0 bridgehead atoms. The van der Waals surface area contributed by atoms with Gasteiger partial charge in [-0.05, 0) is 47.0 Å². The minimum Gasteiger partial charge on any atom is -0.507 e. The molecular weight excluding hydrogens is 227 g/mol. The second kappa shape index (κ2) is 3.03.